The van der Waals surface area contributed by atoms with Gasteiger partial charge in [0.1, 0.15) is 0 Å². The molecule has 100 valence electrons. The van der Waals surface area contributed by atoms with Gasteiger partial charge < -0.3 is 0 Å². The molecule has 0 amide bonds. The maximum atomic E-state index is 12.0. The summed E-state index contributed by atoms with van der Waals surface area (Å²) in [7, 11) is 1.96. The lowest BCUT2D eigenvalue weighted by atomic mass is 10.1. The van der Waals surface area contributed by atoms with E-state index in [9.17, 15) is 4.79 Å². The van der Waals surface area contributed by atoms with Crippen molar-refractivity contribution in [3.8, 4) is 0 Å². The maximum Gasteiger partial charge on any atom is 0.176 e. The normalized spacial score (nSPS) is 10.9. The molecule has 0 atom stereocenters. The SMILES string of the molecule is CCCCCN(C)CC(=O)c1ccc(Cl)c(Cl)c1. The van der Waals surface area contributed by atoms with E-state index < -0.39 is 0 Å². The highest BCUT2D eigenvalue weighted by Gasteiger charge is 2.10. The van der Waals surface area contributed by atoms with Gasteiger partial charge in [-0.1, -0.05) is 43.0 Å². The van der Waals surface area contributed by atoms with Crippen molar-refractivity contribution in [2.45, 2.75) is 26.2 Å². The predicted molar refractivity (Wildman–Crippen MR) is 77.8 cm³/mol. The first kappa shape index (κ1) is 15.5. The van der Waals surface area contributed by atoms with Crippen molar-refractivity contribution in [1.29, 1.82) is 0 Å². The van der Waals surface area contributed by atoms with Gasteiger partial charge in [0, 0.05) is 5.56 Å². The number of halogens is 2. The highest BCUT2D eigenvalue weighted by molar-refractivity contribution is 6.42. The maximum absolute atomic E-state index is 12.0. The van der Waals surface area contributed by atoms with Crippen molar-refractivity contribution >= 4 is 29.0 Å². The molecule has 0 spiro atoms. The fourth-order valence-electron chi connectivity index (χ4n) is 1.72. The number of carbonyl (C=O) groups is 1. The van der Waals surface area contributed by atoms with E-state index in [1.54, 1.807) is 18.2 Å². The predicted octanol–water partition coefficient (Wildman–Crippen LogP) is 4.30. The van der Waals surface area contributed by atoms with Gasteiger partial charge >= 0.3 is 0 Å². The topological polar surface area (TPSA) is 20.3 Å². The summed E-state index contributed by atoms with van der Waals surface area (Å²) in [6.07, 6.45) is 3.52. The molecular formula is C14H19Cl2NO. The Morgan fingerprint density at radius 3 is 2.56 bits per heavy atom. The van der Waals surface area contributed by atoms with Crippen LogP contribution >= 0.6 is 23.2 Å². The van der Waals surface area contributed by atoms with Gasteiger partial charge in [-0.15, -0.1) is 0 Å². The number of Topliss-reactive ketones (excluding diaryl/α,β-unsaturated/α-hetero) is 1. The molecule has 0 bridgehead atoms. The van der Waals surface area contributed by atoms with E-state index in [2.05, 4.69) is 6.92 Å². The fourth-order valence-corrected chi connectivity index (χ4v) is 2.01. The first-order valence-electron chi connectivity index (χ1n) is 6.21. The second kappa shape index (κ2) is 7.78. The van der Waals surface area contributed by atoms with Crippen LogP contribution in [0.25, 0.3) is 0 Å². The minimum atomic E-state index is 0.0764. The minimum Gasteiger partial charge on any atom is -0.299 e. The molecule has 0 aromatic heterocycles. The van der Waals surface area contributed by atoms with Gasteiger partial charge in [-0.2, -0.15) is 0 Å². The first-order valence-corrected chi connectivity index (χ1v) is 6.97. The van der Waals surface area contributed by atoms with Gasteiger partial charge in [-0.05, 0) is 38.2 Å². The van der Waals surface area contributed by atoms with Crippen LogP contribution in [0.1, 0.15) is 36.5 Å². The molecule has 0 aliphatic rings. The third-order valence-corrected chi connectivity index (χ3v) is 3.54. The Bertz CT molecular complexity index is 407. The summed E-state index contributed by atoms with van der Waals surface area (Å²) >= 11 is 11.7. The zero-order valence-electron chi connectivity index (χ0n) is 10.9. The molecule has 2 nitrogen and oxygen atoms in total. The molecule has 1 aromatic carbocycles. The summed E-state index contributed by atoms with van der Waals surface area (Å²) in [4.78, 5) is 14.1. The Hall–Kier alpha value is -0.570. The molecular weight excluding hydrogens is 269 g/mol. The number of carbonyl (C=O) groups excluding carboxylic acids is 1. The van der Waals surface area contributed by atoms with Crippen molar-refractivity contribution in [2.24, 2.45) is 0 Å². The van der Waals surface area contributed by atoms with E-state index in [4.69, 9.17) is 23.2 Å². The van der Waals surface area contributed by atoms with E-state index >= 15 is 0 Å². The molecule has 1 rings (SSSR count). The number of nitrogens with zero attached hydrogens (tertiary/aromatic N) is 1. The Labute approximate surface area is 119 Å². The lowest BCUT2D eigenvalue weighted by Gasteiger charge is -2.15. The van der Waals surface area contributed by atoms with Crippen LogP contribution in [0.15, 0.2) is 18.2 Å². The van der Waals surface area contributed by atoms with Gasteiger partial charge in [0.05, 0.1) is 16.6 Å². The number of benzene rings is 1. The molecule has 18 heavy (non-hydrogen) atoms. The summed E-state index contributed by atoms with van der Waals surface area (Å²) in [6, 6.07) is 5.01. The Kier molecular flexibility index (Phi) is 6.69. The number of hydrogen-bond acceptors (Lipinski definition) is 2. The van der Waals surface area contributed by atoms with Gasteiger partial charge in [-0.3, -0.25) is 9.69 Å². The molecule has 0 aliphatic heterocycles. The zero-order valence-corrected chi connectivity index (χ0v) is 12.4. The van der Waals surface area contributed by atoms with Gasteiger partial charge in [-0.25, -0.2) is 0 Å². The number of hydrogen-bond donors (Lipinski definition) is 0. The lowest BCUT2D eigenvalue weighted by molar-refractivity contribution is 0.0945. The summed E-state index contributed by atoms with van der Waals surface area (Å²) < 4.78 is 0. The molecule has 0 fully saturated rings. The number of ketones is 1. The van der Waals surface area contributed by atoms with Crippen LogP contribution in [0.2, 0.25) is 10.0 Å². The van der Waals surface area contributed by atoms with Crippen molar-refractivity contribution < 1.29 is 4.79 Å². The van der Waals surface area contributed by atoms with Crippen LogP contribution in [-0.2, 0) is 0 Å². The molecule has 0 aliphatic carbocycles. The van der Waals surface area contributed by atoms with Crippen molar-refractivity contribution in [3.05, 3.63) is 33.8 Å². The molecule has 0 saturated heterocycles. The third-order valence-electron chi connectivity index (χ3n) is 2.80. The van der Waals surface area contributed by atoms with E-state index in [-0.39, 0.29) is 5.78 Å². The zero-order chi connectivity index (χ0) is 13.5. The van der Waals surface area contributed by atoms with E-state index in [0.717, 1.165) is 13.0 Å². The van der Waals surface area contributed by atoms with Crippen LogP contribution in [0.3, 0.4) is 0 Å². The summed E-state index contributed by atoms with van der Waals surface area (Å²) in [5.41, 5.74) is 0.617. The van der Waals surface area contributed by atoms with Crippen LogP contribution in [-0.4, -0.2) is 30.8 Å². The first-order chi connectivity index (χ1) is 8.54. The standard InChI is InChI=1S/C14H19Cl2NO/c1-3-4-5-8-17(2)10-14(18)11-6-7-12(15)13(16)9-11/h6-7,9H,3-5,8,10H2,1-2H3. The van der Waals surface area contributed by atoms with Crippen molar-refractivity contribution in [2.75, 3.05) is 20.1 Å². The van der Waals surface area contributed by atoms with Crippen molar-refractivity contribution in [1.82, 2.24) is 4.90 Å². The second-order valence-electron chi connectivity index (χ2n) is 4.50. The number of unbranched alkanes of at least 4 members (excludes halogenated alkanes) is 2. The van der Waals surface area contributed by atoms with Crippen LogP contribution in [0.5, 0.6) is 0 Å². The Morgan fingerprint density at radius 2 is 1.94 bits per heavy atom. The minimum absolute atomic E-state index is 0.0764. The monoisotopic (exact) mass is 287 g/mol. The summed E-state index contributed by atoms with van der Waals surface area (Å²) in [5, 5.41) is 0.903. The van der Waals surface area contributed by atoms with Gasteiger partial charge in [0.2, 0.25) is 0 Å². The second-order valence-corrected chi connectivity index (χ2v) is 5.31. The fraction of sp³-hybridized carbons (Fsp3) is 0.500. The summed E-state index contributed by atoms with van der Waals surface area (Å²) in [6.45, 7) is 3.53. The molecule has 0 saturated carbocycles. The van der Waals surface area contributed by atoms with Crippen LogP contribution in [0.4, 0.5) is 0 Å². The molecule has 0 unspecified atom stereocenters. The highest BCUT2D eigenvalue weighted by atomic mass is 35.5. The molecule has 0 radical (unpaired) electrons. The molecule has 0 heterocycles. The average molecular weight is 288 g/mol. The number of likely N-dealkylation sites (N-methyl/N-ethyl adjacent to an activating group) is 1. The van der Waals surface area contributed by atoms with Gasteiger partial charge in [0.15, 0.2) is 5.78 Å². The van der Waals surface area contributed by atoms with E-state index in [1.807, 2.05) is 11.9 Å². The molecule has 1 aromatic rings. The molecule has 4 heteroatoms. The smallest absolute Gasteiger partial charge is 0.176 e. The van der Waals surface area contributed by atoms with E-state index in [0.29, 0.717) is 22.2 Å². The highest BCUT2D eigenvalue weighted by Crippen LogP contribution is 2.22. The third kappa shape index (κ3) is 4.97. The largest absolute Gasteiger partial charge is 0.299 e. The lowest BCUT2D eigenvalue weighted by Crippen LogP contribution is -2.27. The van der Waals surface area contributed by atoms with Crippen LogP contribution in [0, 0.1) is 0 Å². The average Bonchev–Trinajstić information content (AvgIpc) is 2.33. The van der Waals surface area contributed by atoms with Gasteiger partial charge in [0.25, 0.3) is 0 Å². The quantitative estimate of drug-likeness (QED) is 0.551. The van der Waals surface area contributed by atoms with E-state index in [1.165, 1.54) is 12.8 Å². The van der Waals surface area contributed by atoms with Crippen LogP contribution < -0.4 is 0 Å². The summed E-state index contributed by atoms with van der Waals surface area (Å²) in [5.74, 6) is 0.0764. The van der Waals surface area contributed by atoms with Crippen molar-refractivity contribution in [3.63, 3.8) is 0 Å². The Morgan fingerprint density at radius 1 is 1.22 bits per heavy atom. The number of rotatable bonds is 7. The molecule has 0 N–H and O–H groups in total. The Balaban J connectivity index is 2.51.